The molecule has 4 N–H and O–H groups in total. The summed E-state index contributed by atoms with van der Waals surface area (Å²) in [6.07, 6.45) is 11.2. The first-order valence-electron chi connectivity index (χ1n) is 11.5. The van der Waals surface area contributed by atoms with Crippen LogP contribution in [0.4, 0.5) is 0 Å². The molecule has 0 unspecified atom stereocenters. The first-order chi connectivity index (χ1) is 12.8. The van der Waals surface area contributed by atoms with Gasteiger partial charge in [-0.2, -0.15) is 0 Å². The van der Waals surface area contributed by atoms with Crippen molar-refractivity contribution >= 4 is 5.91 Å². The van der Waals surface area contributed by atoms with E-state index in [0.29, 0.717) is 22.8 Å². The monoisotopic (exact) mass is 376 g/mol. The molecule has 4 aliphatic carbocycles. The average molecular weight is 377 g/mol. The van der Waals surface area contributed by atoms with Crippen LogP contribution in [0.25, 0.3) is 0 Å². The summed E-state index contributed by atoms with van der Waals surface area (Å²) < 4.78 is 0. The van der Waals surface area contributed by atoms with Crippen LogP contribution in [0.3, 0.4) is 0 Å². The molecule has 0 heterocycles. The molecule has 4 heteroatoms. The van der Waals surface area contributed by atoms with Gasteiger partial charge in [0.15, 0.2) is 0 Å². The second-order valence-corrected chi connectivity index (χ2v) is 10.9. The van der Waals surface area contributed by atoms with Crippen molar-refractivity contribution in [3.63, 3.8) is 0 Å². The van der Waals surface area contributed by atoms with E-state index in [4.69, 9.17) is 5.73 Å². The summed E-state index contributed by atoms with van der Waals surface area (Å²) in [7, 11) is 0. The van der Waals surface area contributed by atoms with Gasteiger partial charge in [-0.15, -0.1) is 0 Å². The Kier molecular flexibility index (Phi) is 5.12. The van der Waals surface area contributed by atoms with Crippen LogP contribution in [-0.4, -0.2) is 29.7 Å². The Labute approximate surface area is 165 Å². The van der Waals surface area contributed by atoms with E-state index in [0.717, 1.165) is 36.5 Å². The quantitative estimate of drug-likeness (QED) is 0.706. The van der Waals surface area contributed by atoms with Gasteiger partial charge in [-0.1, -0.05) is 13.8 Å². The molecule has 154 valence electrons. The summed E-state index contributed by atoms with van der Waals surface area (Å²) in [6.45, 7) is 7.18. The summed E-state index contributed by atoms with van der Waals surface area (Å²) in [5, 5.41) is 13.5. The van der Waals surface area contributed by atoms with Crippen molar-refractivity contribution in [2.45, 2.75) is 90.7 Å². The topological polar surface area (TPSA) is 75.3 Å². The third-order valence-corrected chi connectivity index (χ3v) is 9.87. The first kappa shape index (κ1) is 19.7. The second kappa shape index (κ2) is 7.02. The van der Waals surface area contributed by atoms with Gasteiger partial charge < -0.3 is 16.2 Å². The number of aliphatic hydroxyl groups excluding tert-OH is 1. The number of nitrogens with two attached hydrogens (primary N) is 1. The van der Waals surface area contributed by atoms with Crippen molar-refractivity contribution in [1.82, 2.24) is 5.32 Å². The van der Waals surface area contributed by atoms with Gasteiger partial charge >= 0.3 is 0 Å². The highest BCUT2D eigenvalue weighted by molar-refractivity contribution is 5.78. The normalized spacial score (nSPS) is 50.3. The van der Waals surface area contributed by atoms with E-state index in [1.165, 1.54) is 44.9 Å². The van der Waals surface area contributed by atoms with Crippen LogP contribution in [0.15, 0.2) is 0 Å². The van der Waals surface area contributed by atoms with E-state index >= 15 is 0 Å². The lowest BCUT2D eigenvalue weighted by atomic mass is 9.44. The number of fused-ring (bicyclic) bond motifs is 5. The zero-order valence-electron chi connectivity index (χ0n) is 17.5. The van der Waals surface area contributed by atoms with E-state index in [2.05, 4.69) is 19.2 Å². The lowest BCUT2D eigenvalue weighted by Gasteiger charge is -2.61. The SMILES string of the molecule is C[C@H](O)[C@H]1CC[C@H]2[C@@H]3CC[C@H]4C[C@H](NC(=O)CN)CC[C@]4(C)[C@H]3CC[C@]12C. The maximum Gasteiger partial charge on any atom is 0.233 e. The summed E-state index contributed by atoms with van der Waals surface area (Å²) in [5.74, 6) is 3.74. The molecular formula is C23H40N2O2. The molecule has 4 nitrogen and oxygen atoms in total. The zero-order valence-corrected chi connectivity index (χ0v) is 17.5. The number of aliphatic hydroxyl groups is 1. The Hall–Kier alpha value is -0.610. The third-order valence-electron chi connectivity index (χ3n) is 9.87. The summed E-state index contributed by atoms with van der Waals surface area (Å²) >= 11 is 0. The maximum absolute atomic E-state index is 11.7. The molecule has 0 radical (unpaired) electrons. The molecule has 4 aliphatic rings. The molecule has 9 atom stereocenters. The van der Waals surface area contributed by atoms with Crippen LogP contribution in [0.5, 0.6) is 0 Å². The van der Waals surface area contributed by atoms with Crippen molar-refractivity contribution in [3.8, 4) is 0 Å². The molecule has 0 aromatic rings. The number of amides is 1. The Morgan fingerprint density at radius 2 is 1.78 bits per heavy atom. The fraction of sp³-hybridized carbons (Fsp3) is 0.957. The number of carbonyl (C=O) groups is 1. The molecule has 0 spiro atoms. The third kappa shape index (κ3) is 3.06. The number of nitrogens with one attached hydrogen (secondary N) is 1. The Morgan fingerprint density at radius 3 is 2.48 bits per heavy atom. The number of rotatable bonds is 3. The van der Waals surface area contributed by atoms with Gasteiger partial charge in [0, 0.05) is 6.04 Å². The molecular weight excluding hydrogens is 336 g/mol. The van der Waals surface area contributed by atoms with Gasteiger partial charge in [-0.25, -0.2) is 0 Å². The molecule has 4 fully saturated rings. The van der Waals surface area contributed by atoms with Crippen molar-refractivity contribution in [2.24, 2.45) is 46.2 Å². The molecule has 0 aromatic carbocycles. The zero-order chi connectivity index (χ0) is 19.4. The Morgan fingerprint density at radius 1 is 1.07 bits per heavy atom. The molecule has 1 amide bonds. The molecule has 0 aliphatic heterocycles. The molecule has 4 rings (SSSR count). The number of hydrogen-bond acceptors (Lipinski definition) is 3. The summed E-state index contributed by atoms with van der Waals surface area (Å²) in [4.78, 5) is 11.7. The van der Waals surface area contributed by atoms with Gasteiger partial charge in [0.05, 0.1) is 12.6 Å². The fourth-order valence-electron chi connectivity index (χ4n) is 8.51. The molecule has 27 heavy (non-hydrogen) atoms. The number of hydrogen-bond donors (Lipinski definition) is 3. The van der Waals surface area contributed by atoms with Crippen molar-refractivity contribution in [2.75, 3.05) is 6.54 Å². The molecule has 0 saturated heterocycles. The van der Waals surface area contributed by atoms with Gasteiger partial charge in [-0.05, 0) is 105 Å². The highest BCUT2D eigenvalue weighted by Crippen LogP contribution is 2.67. The van der Waals surface area contributed by atoms with Crippen LogP contribution >= 0.6 is 0 Å². The average Bonchev–Trinajstić information content (AvgIpc) is 2.99. The molecule has 4 saturated carbocycles. The van der Waals surface area contributed by atoms with Crippen molar-refractivity contribution in [1.29, 1.82) is 0 Å². The van der Waals surface area contributed by atoms with Gasteiger partial charge in [0.25, 0.3) is 0 Å². The highest BCUT2D eigenvalue weighted by Gasteiger charge is 2.60. The predicted molar refractivity (Wildman–Crippen MR) is 108 cm³/mol. The van der Waals surface area contributed by atoms with Gasteiger partial charge in [-0.3, -0.25) is 4.79 Å². The minimum atomic E-state index is -0.162. The number of carbonyl (C=O) groups excluding carboxylic acids is 1. The van der Waals surface area contributed by atoms with E-state index < -0.39 is 0 Å². The lowest BCUT2D eigenvalue weighted by molar-refractivity contribution is -0.128. The molecule has 0 bridgehead atoms. The van der Waals surface area contributed by atoms with Crippen molar-refractivity contribution in [3.05, 3.63) is 0 Å². The van der Waals surface area contributed by atoms with Crippen LogP contribution in [0, 0.1) is 40.4 Å². The van der Waals surface area contributed by atoms with Crippen molar-refractivity contribution < 1.29 is 9.90 Å². The van der Waals surface area contributed by atoms with Gasteiger partial charge in [0.2, 0.25) is 5.91 Å². The smallest absolute Gasteiger partial charge is 0.233 e. The first-order valence-corrected chi connectivity index (χ1v) is 11.5. The lowest BCUT2D eigenvalue weighted by Crippen LogP contribution is -2.56. The predicted octanol–water partition coefficient (Wildman–Crippen LogP) is 3.47. The summed E-state index contributed by atoms with van der Waals surface area (Å²) in [6, 6.07) is 0.329. The van der Waals surface area contributed by atoms with E-state index in [9.17, 15) is 9.90 Å². The van der Waals surface area contributed by atoms with Gasteiger partial charge in [0.1, 0.15) is 0 Å². The summed E-state index contributed by atoms with van der Waals surface area (Å²) in [5.41, 5.74) is 6.29. The van der Waals surface area contributed by atoms with Crippen LogP contribution in [0.1, 0.15) is 78.6 Å². The minimum absolute atomic E-state index is 0.000780. The largest absolute Gasteiger partial charge is 0.393 e. The van der Waals surface area contributed by atoms with E-state index in [1.807, 2.05) is 6.92 Å². The van der Waals surface area contributed by atoms with Crippen LogP contribution in [-0.2, 0) is 4.79 Å². The second-order valence-electron chi connectivity index (χ2n) is 10.9. The van der Waals surface area contributed by atoms with Crippen LogP contribution in [0.2, 0.25) is 0 Å². The van der Waals surface area contributed by atoms with Crippen LogP contribution < -0.4 is 11.1 Å². The highest BCUT2D eigenvalue weighted by atomic mass is 16.3. The molecule has 0 aromatic heterocycles. The Bertz CT molecular complexity index is 579. The minimum Gasteiger partial charge on any atom is -0.393 e. The van der Waals surface area contributed by atoms with E-state index in [1.54, 1.807) is 0 Å². The standard InChI is InChI=1S/C23H40N2O2/c1-14(26)18-6-7-19-17-5-4-15-12-16(25-21(27)13-24)8-10-22(15,2)20(17)9-11-23(18,19)3/h14-20,26H,4-13,24H2,1-3H3,(H,25,27)/t14-,15-,16+,17-,18+,19-,20-,22-,23+/m0/s1. The fourth-order valence-corrected chi connectivity index (χ4v) is 8.51. The Balaban J connectivity index is 1.50. The maximum atomic E-state index is 11.7. The van der Waals surface area contributed by atoms with E-state index in [-0.39, 0.29) is 18.6 Å².